The van der Waals surface area contributed by atoms with Crippen molar-refractivity contribution in [3.63, 3.8) is 0 Å². The van der Waals surface area contributed by atoms with E-state index in [1.165, 1.54) is 0 Å². The van der Waals surface area contributed by atoms with E-state index in [0.29, 0.717) is 12.5 Å². The van der Waals surface area contributed by atoms with Gasteiger partial charge in [0.2, 0.25) is 0 Å². The molecule has 27 heavy (non-hydrogen) atoms. The van der Waals surface area contributed by atoms with Crippen molar-refractivity contribution in [3.05, 3.63) is 0 Å². The molecule has 0 bridgehead atoms. The van der Waals surface area contributed by atoms with Gasteiger partial charge in [-0.05, 0) is 47.5 Å². The first-order chi connectivity index (χ1) is 12.2. The normalized spacial score (nSPS) is 17.0. The summed E-state index contributed by atoms with van der Waals surface area (Å²) in [4.78, 5) is 0. The summed E-state index contributed by atoms with van der Waals surface area (Å²) in [5.41, 5.74) is 0. The van der Waals surface area contributed by atoms with Gasteiger partial charge in [0.15, 0.2) is 0 Å². The maximum absolute atomic E-state index is 6.49. The van der Waals surface area contributed by atoms with Crippen LogP contribution < -0.4 is 0 Å². The van der Waals surface area contributed by atoms with Crippen LogP contribution >= 0.6 is 0 Å². The molecular weight excluding hydrogens is 364 g/mol. The molecule has 0 spiro atoms. The number of ether oxygens (including phenoxy) is 3. The molecule has 0 saturated carbocycles. The zero-order valence-electron chi connectivity index (χ0n) is 19.7. The molecule has 0 fully saturated rings. The summed E-state index contributed by atoms with van der Waals surface area (Å²) in [7, 11) is -1.64. The topological polar surface area (TPSA) is 55.4 Å². The fourth-order valence-electron chi connectivity index (χ4n) is 2.36. The molecular formula is C20H44O6Si. The highest BCUT2D eigenvalue weighted by molar-refractivity contribution is 6.64. The van der Waals surface area contributed by atoms with Gasteiger partial charge >= 0.3 is 15.0 Å². The van der Waals surface area contributed by atoms with Crippen molar-refractivity contribution in [3.8, 4) is 0 Å². The summed E-state index contributed by atoms with van der Waals surface area (Å²) in [6.45, 7) is 22.4. The van der Waals surface area contributed by atoms with Gasteiger partial charge in [0, 0.05) is 18.8 Å². The monoisotopic (exact) mass is 408 g/mol. The minimum absolute atomic E-state index is 0.180. The largest absolute Gasteiger partial charge is 0.512 e. The molecule has 0 aromatic carbocycles. The van der Waals surface area contributed by atoms with E-state index in [1.807, 2.05) is 62.3 Å². The van der Waals surface area contributed by atoms with Gasteiger partial charge in [-0.15, -0.1) is 0 Å². The average Bonchev–Trinajstić information content (AvgIpc) is 2.47. The minimum atomic E-state index is -3.26. The van der Waals surface area contributed by atoms with Gasteiger partial charge in [-0.3, -0.25) is 4.43 Å². The molecule has 0 saturated heterocycles. The number of hydrogen-bond acceptors (Lipinski definition) is 6. The Morgan fingerprint density at radius 2 is 1.19 bits per heavy atom. The Morgan fingerprint density at radius 1 is 0.778 bits per heavy atom. The molecule has 0 rings (SSSR count). The van der Waals surface area contributed by atoms with E-state index < -0.39 is 20.0 Å². The van der Waals surface area contributed by atoms with E-state index in [4.69, 9.17) is 27.5 Å². The molecule has 0 radical (unpaired) electrons. The molecule has 0 N–H and O–H groups in total. The molecule has 6 nitrogen and oxygen atoms in total. The third-order valence-corrected chi connectivity index (χ3v) is 7.28. The standard InChI is InChI=1S/C20H44O6Si/c1-13-18(8)14-22-27(21-12,19(9,10)11)26-20(23-15(2)3,24-16(4)5)25-17(6)7/h15-18H,13-14H2,1-12H3. The van der Waals surface area contributed by atoms with Crippen LogP contribution in [0.15, 0.2) is 0 Å². The smallest absolute Gasteiger partial charge is 0.376 e. The molecule has 0 heterocycles. The Kier molecular flexibility index (Phi) is 11.2. The maximum Gasteiger partial charge on any atom is 0.512 e. The van der Waals surface area contributed by atoms with Gasteiger partial charge in [-0.2, -0.15) is 0 Å². The van der Waals surface area contributed by atoms with Crippen molar-refractivity contribution in [2.75, 3.05) is 13.7 Å². The van der Waals surface area contributed by atoms with Crippen LogP contribution in [-0.4, -0.2) is 47.0 Å². The second-order valence-electron chi connectivity index (χ2n) is 8.94. The number of hydrogen-bond donors (Lipinski definition) is 0. The highest BCUT2D eigenvalue weighted by atomic mass is 28.4. The second-order valence-corrected chi connectivity index (χ2v) is 12.5. The van der Waals surface area contributed by atoms with Gasteiger partial charge in [-0.1, -0.05) is 41.0 Å². The Hall–Kier alpha value is -0.0231. The first kappa shape index (κ1) is 27.0. The van der Waals surface area contributed by atoms with Crippen LogP contribution in [0.1, 0.15) is 82.6 Å². The lowest BCUT2D eigenvalue weighted by atomic mass is 10.1. The van der Waals surface area contributed by atoms with Crippen molar-refractivity contribution < 1.29 is 27.5 Å². The molecule has 0 aliphatic heterocycles. The van der Waals surface area contributed by atoms with E-state index in [1.54, 1.807) is 7.11 Å². The first-order valence-corrected chi connectivity index (χ1v) is 11.9. The van der Waals surface area contributed by atoms with Crippen molar-refractivity contribution in [2.24, 2.45) is 5.92 Å². The van der Waals surface area contributed by atoms with E-state index in [0.717, 1.165) is 6.42 Å². The SMILES string of the molecule is CCC(C)CO[Si](OC)(OC(OC(C)C)(OC(C)C)OC(C)C)C(C)(C)C. The van der Waals surface area contributed by atoms with Crippen LogP contribution in [0, 0.1) is 5.92 Å². The zero-order chi connectivity index (χ0) is 21.5. The summed E-state index contributed by atoms with van der Waals surface area (Å²) < 4.78 is 37.0. The van der Waals surface area contributed by atoms with E-state index in [2.05, 4.69) is 13.8 Å². The molecule has 7 heteroatoms. The van der Waals surface area contributed by atoms with Crippen molar-refractivity contribution in [2.45, 2.75) is 112 Å². The highest BCUT2D eigenvalue weighted by Gasteiger charge is 2.60. The third kappa shape index (κ3) is 8.89. The van der Waals surface area contributed by atoms with Crippen molar-refractivity contribution in [1.82, 2.24) is 0 Å². The molecule has 164 valence electrons. The van der Waals surface area contributed by atoms with Crippen LogP contribution in [0.5, 0.6) is 0 Å². The van der Waals surface area contributed by atoms with Gasteiger partial charge in [0.25, 0.3) is 0 Å². The summed E-state index contributed by atoms with van der Waals surface area (Å²) in [6.07, 6.45) is -1.22. The summed E-state index contributed by atoms with van der Waals surface area (Å²) >= 11 is 0. The third-order valence-electron chi connectivity index (χ3n) is 3.84. The molecule has 0 amide bonds. The molecule has 0 aliphatic carbocycles. The van der Waals surface area contributed by atoms with E-state index in [9.17, 15) is 0 Å². The second kappa shape index (κ2) is 11.2. The Morgan fingerprint density at radius 3 is 1.44 bits per heavy atom. The molecule has 2 unspecified atom stereocenters. The van der Waals surface area contributed by atoms with E-state index >= 15 is 0 Å². The summed E-state index contributed by atoms with van der Waals surface area (Å²) in [5, 5.41) is -0.401. The van der Waals surface area contributed by atoms with Crippen molar-refractivity contribution >= 4 is 8.80 Å². The fourth-order valence-corrected chi connectivity index (χ4v) is 4.95. The maximum atomic E-state index is 6.49. The molecule has 0 aromatic heterocycles. The van der Waals surface area contributed by atoms with Crippen LogP contribution in [0.2, 0.25) is 5.04 Å². The highest BCUT2D eigenvalue weighted by Crippen LogP contribution is 2.42. The predicted molar refractivity (Wildman–Crippen MR) is 110 cm³/mol. The Bertz CT molecular complexity index is 381. The Balaban J connectivity index is 6.05. The van der Waals surface area contributed by atoms with Gasteiger partial charge in [0.1, 0.15) is 0 Å². The van der Waals surface area contributed by atoms with Gasteiger partial charge in [-0.25, -0.2) is 0 Å². The summed E-state index contributed by atoms with van der Waals surface area (Å²) in [5.74, 6) is 0.385. The van der Waals surface area contributed by atoms with Crippen molar-refractivity contribution in [1.29, 1.82) is 0 Å². The van der Waals surface area contributed by atoms with Crippen LogP contribution in [0.3, 0.4) is 0 Å². The van der Waals surface area contributed by atoms with Gasteiger partial charge in [0.05, 0.1) is 18.3 Å². The lowest BCUT2D eigenvalue weighted by Crippen LogP contribution is -2.62. The quantitative estimate of drug-likeness (QED) is 0.303. The van der Waals surface area contributed by atoms with Gasteiger partial charge < -0.3 is 23.1 Å². The zero-order valence-corrected chi connectivity index (χ0v) is 20.7. The summed E-state index contributed by atoms with van der Waals surface area (Å²) in [6, 6.07) is 0. The van der Waals surface area contributed by atoms with Crippen LogP contribution in [-0.2, 0) is 27.5 Å². The average molecular weight is 409 g/mol. The van der Waals surface area contributed by atoms with Crippen LogP contribution in [0.4, 0.5) is 0 Å². The number of rotatable bonds is 13. The van der Waals surface area contributed by atoms with Crippen LogP contribution in [0.25, 0.3) is 0 Å². The first-order valence-electron chi connectivity index (χ1n) is 10.1. The predicted octanol–water partition coefficient (Wildman–Crippen LogP) is 5.34. The lowest BCUT2D eigenvalue weighted by molar-refractivity contribution is -0.503. The van der Waals surface area contributed by atoms with E-state index in [-0.39, 0.29) is 18.3 Å². The minimum Gasteiger partial charge on any atom is -0.376 e. The fraction of sp³-hybridized carbons (Fsp3) is 1.00. The Labute approximate surface area is 168 Å². The molecule has 0 aromatic rings. The molecule has 2 atom stereocenters. The molecule has 0 aliphatic rings. The lowest BCUT2D eigenvalue weighted by Gasteiger charge is -2.45.